The van der Waals surface area contributed by atoms with Gasteiger partial charge in [0.2, 0.25) is 5.91 Å². The smallest absolute Gasteiger partial charge is 0.271 e. The molecule has 0 unspecified atom stereocenters. The molecule has 36 heavy (non-hydrogen) atoms. The van der Waals surface area contributed by atoms with Crippen molar-refractivity contribution in [1.82, 2.24) is 14.8 Å². The zero-order valence-electron chi connectivity index (χ0n) is 21.7. The number of amides is 2. The van der Waals surface area contributed by atoms with Crippen molar-refractivity contribution in [3.05, 3.63) is 59.8 Å². The van der Waals surface area contributed by atoms with E-state index in [-0.39, 0.29) is 24.5 Å². The first-order chi connectivity index (χ1) is 17.3. The second-order valence-electron chi connectivity index (χ2n) is 9.55. The predicted molar refractivity (Wildman–Crippen MR) is 138 cm³/mol. The van der Waals surface area contributed by atoms with E-state index in [0.717, 1.165) is 16.5 Å². The molecule has 1 atom stereocenters. The molecule has 1 N–H and O–H groups in total. The van der Waals surface area contributed by atoms with Gasteiger partial charge in [0.1, 0.15) is 22.7 Å². The number of benzene rings is 2. The largest absolute Gasteiger partial charge is 0.497 e. The fraction of sp³-hybridized carbons (Fsp3) is 0.429. The van der Waals surface area contributed by atoms with Crippen LogP contribution in [0.2, 0.25) is 0 Å². The van der Waals surface area contributed by atoms with Crippen LogP contribution in [0.1, 0.15) is 43.2 Å². The number of rotatable bonds is 10. The van der Waals surface area contributed by atoms with Gasteiger partial charge >= 0.3 is 0 Å². The highest BCUT2D eigenvalue weighted by molar-refractivity contribution is 6.03. The number of carbonyl (C=O) groups excluding carboxylic acids is 2. The van der Waals surface area contributed by atoms with Crippen LogP contribution in [0, 0.1) is 0 Å². The Balaban J connectivity index is 1.68. The monoisotopic (exact) mass is 493 g/mol. The first-order valence-corrected chi connectivity index (χ1v) is 12.3. The first kappa shape index (κ1) is 25.6. The molecule has 0 saturated heterocycles. The second-order valence-corrected chi connectivity index (χ2v) is 9.55. The molecule has 2 heterocycles. The van der Waals surface area contributed by atoms with Crippen LogP contribution >= 0.6 is 0 Å². The van der Waals surface area contributed by atoms with Crippen LogP contribution in [-0.4, -0.2) is 60.3 Å². The van der Waals surface area contributed by atoms with Gasteiger partial charge in [0.25, 0.3) is 5.91 Å². The van der Waals surface area contributed by atoms with Crippen LogP contribution in [0.25, 0.3) is 10.9 Å². The minimum absolute atomic E-state index is 0.143. The zero-order valence-corrected chi connectivity index (χ0v) is 21.7. The molecule has 192 valence electrons. The minimum Gasteiger partial charge on any atom is -0.497 e. The summed E-state index contributed by atoms with van der Waals surface area (Å²) in [4.78, 5) is 29.3. The van der Waals surface area contributed by atoms with E-state index in [1.165, 1.54) is 0 Å². The lowest BCUT2D eigenvalue weighted by Gasteiger charge is -2.44. The van der Waals surface area contributed by atoms with E-state index in [9.17, 15) is 9.59 Å². The topological polar surface area (TPSA) is 82.0 Å². The summed E-state index contributed by atoms with van der Waals surface area (Å²) in [5.41, 5.74) is 1.18. The number of carbonyl (C=O) groups is 2. The van der Waals surface area contributed by atoms with Crippen LogP contribution < -0.4 is 14.8 Å². The number of para-hydroxylation sites is 1. The average Bonchev–Trinajstić information content (AvgIpc) is 3.24. The van der Waals surface area contributed by atoms with Crippen LogP contribution in [0.4, 0.5) is 0 Å². The maximum atomic E-state index is 13.9. The summed E-state index contributed by atoms with van der Waals surface area (Å²) >= 11 is 0. The molecule has 2 amide bonds. The Morgan fingerprint density at radius 3 is 2.61 bits per heavy atom. The lowest BCUT2D eigenvalue weighted by molar-refractivity contribution is -0.133. The number of nitrogens with zero attached hydrogens (tertiary/aromatic N) is 2. The van der Waals surface area contributed by atoms with Crippen molar-refractivity contribution >= 4 is 22.7 Å². The maximum absolute atomic E-state index is 13.9. The standard InChI is InChI=1S/C28H35N3O5/c1-19(2)36-14-8-13-29-27(33)28(3)18-30-23-10-7-6-9-20(23)15-24(30)26(32)31(28)17-21-11-12-22(34-4)16-25(21)35-5/h6-7,9-12,15-16,19H,8,13-14,17-18H2,1-5H3,(H,29,33)/t28-/m1/s1. The Morgan fingerprint density at radius 2 is 1.89 bits per heavy atom. The van der Waals surface area contributed by atoms with Crippen molar-refractivity contribution < 1.29 is 23.8 Å². The second kappa shape index (κ2) is 10.6. The van der Waals surface area contributed by atoms with Gasteiger partial charge in [-0.2, -0.15) is 0 Å². The minimum atomic E-state index is -1.12. The molecule has 0 aliphatic carbocycles. The summed E-state index contributed by atoms with van der Waals surface area (Å²) in [6, 6.07) is 15.2. The van der Waals surface area contributed by atoms with Gasteiger partial charge in [0, 0.05) is 35.7 Å². The van der Waals surface area contributed by atoms with Crippen molar-refractivity contribution in [1.29, 1.82) is 0 Å². The summed E-state index contributed by atoms with van der Waals surface area (Å²) in [7, 11) is 3.17. The molecule has 0 saturated carbocycles. The molecule has 1 aromatic heterocycles. The van der Waals surface area contributed by atoms with Crippen LogP contribution in [0.5, 0.6) is 11.5 Å². The number of ether oxygens (including phenoxy) is 3. The number of nitrogens with one attached hydrogen (secondary N) is 1. The van der Waals surface area contributed by atoms with Crippen LogP contribution in [-0.2, 0) is 22.6 Å². The van der Waals surface area contributed by atoms with E-state index >= 15 is 0 Å². The van der Waals surface area contributed by atoms with E-state index in [0.29, 0.717) is 43.3 Å². The molecular formula is C28H35N3O5. The average molecular weight is 494 g/mol. The van der Waals surface area contributed by atoms with Gasteiger partial charge in [-0.15, -0.1) is 0 Å². The Hall–Kier alpha value is -3.52. The van der Waals surface area contributed by atoms with Crippen LogP contribution in [0.3, 0.4) is 0 Å². The molecule has 1 aliphatic rings. The number of methoxy groups -OCH3 is 2. The van der Waals surface area contributed by atoms with Crippen molar-refractivity contribution in [3.63, 3.8) is 0 Å². The highest BCUT2D eigenvalue weighted by Gasteiger charge is 2.47. The van der Waals surface area contributed by atoms with Gasteiger partial charge < -0.3 is 29.0 Å². The third kappa shape index (κ3) is 4.91. The molecule has 8 nitrogen and oxygen atoms in total. The molecule has 4 rings (SSSR count). The number of aromatic nitrogens is 1. The SMILES string of the molecule is COc1ccc(CN2C(=O)c3cc4ccccc4n3C[C@]2(C)C(=O)NCCCOC(C)C)c(OC)c1. The van der Waals surface area contributed by atoms with Gasteiger partial charge in [-0.25, -0.2) is 0 Å². The molecule has 0 fully saturated rings. The lowest BCUT2D eigenvalue weighted by atomic mass is 9.93. The maximum Gasteiger partial charge on any atom is 0.271 e. The van der Waals surface area contributed by atoms with Crippen molar-refractivity contribution in [2.75, 3.05) is 27.4 Å². The highest BCUT2D eigenvalue weighted by atomic mass is 16.5. The predicted octanol–water partition coefficient (Wildman–Crippen LogP) is 4.00. The van der Waals surface area contributed by atoms with E-state index in [4.69, 9.17) is 14.2 Å². The van der Waals surface area contributed by atoms with Crippen molar-refractivity contribution in [2.24, 2.45) is 0 Å². The van der Waals surface area contributed by atoms with E-state index in [1.807, 2.05) is 67.8 Å². The quantitative estimate of drug-likeness (QED) is 0.432. The molecule has 8 heteroatoms. The summed E-state index contributed by atoms with van der Waals surface area (Å²) in [5, 5.41) is 4.01. The Morgan fingerprint density at radius 1 is 1.11 bits per heavy atom. The van der Waals surface area contributed by atoms with E-state index in [2.05, 4.69) is 5.32 Å². The summed E-state index contributed by atoms with van der Waals surface area (Å²) in [6.45, 7) is 7.39. The van der Waals surface area contributed by atoms with Gasteiger partial charge in [0.15, 0.2) is 0 Å². The molecule has 1 aliphatic heterocycles. The normalized spacial score (nSPS) is 17.4. The van der Waals surface area contributed by atoms with Gasteiger partial charge in [-0.1, -0.05) is 18.2 Å². The van der Waals surface area contributed by atoms with Crippen molar-refractivity contribution in [2.45, 2.75) is 51.9 Å². The molecule has 0 radical (unpaired) electrons. The van der Waals surface area contributed by atoms with E-state index < -0.39 is 5.54 Å². The number of hydrogen-bond donors (Lipinski definition) is 1. The zero-order chi connectivity index (χ0) is 25.9. The molecule has 0 spiro atoms. The number of fused-ring (bicyclic) bond motifs is 3. The highest BCUT2D eigenvalue weighted by Crippen LogP contribution is 2.35. The Labute approximate surface area is 212 Å². The van der Waals surface area contributed by atoms with Crippen molar-refractivity contribution in [3.8, 4) is 11.5 Å². The first-order valence-electron chi connectivity index (χ1n) is 12.3. The molecule has 3 aromatic rings. The molecular weight excluding hydrogens is 458 g/mol. The third-order valence-corrected chi connectivity index (χ3v) is 6.71. The Bertz CT molecular complexity index is 1250. The summed E-state index contributed by atoms with van der Waals surface area (Å²) in [5.74, 6) is 0.860. The fourth-order valence-corrected chi connectivity index (χ4v) is 4.69. The third-order valence-electron chi connectivity index (χ3n) is 6.71. The fourth-order valence-electron chi connectivity index (χ4n) is 4.69. The summed E-state index contributed by atoms with van der Waals surface area (Å²) < 4.78 is 18.5. The molecule has 0 bridgehead atoms. The van der Waals surface area contributed by atoms with Gasteiger partial charge in [-0.3, -0.25) is 9.59 Å². The van der Waals surface area contributed by atoms with Gasteiger partial charge in [-0.05, 0) is 51.5 Å². The Kier molecular flexibility index (Phi) is 7.54. The number of hydrogen-bond acceptors (Lipinski definition) is 5. The van der Waals surface area contributed by atoms with E-state index in [1.54, 1.807) is 25.2 Å². The van der Waals surface area contributed by atoms with Crippen LogP contribution in [0.15, 0.2) is 48.5 Å². The molecule has 2 aromatic carbocycles. The lowest BCUT2D eigenvalue weighted by Crippen LogP contribution is -2.63. The van der Waals surface area contributed by atoms with Gasteiger partial charge in [0.05, 0.1) is 33.4 Å². The summed E-state index contributed by atoms with van der Waals surface area (Å²) in [6.07, 6.45) is 0.836.